The molecule has 0 radical (unpaired) electrons. The van der Waals surface area contributed by atoms with Gasteiger partial charge >= 0.3 is 0 Å². The normalized spacial score (nSPS) is 27.1. The minimum Gasteiger partial charge on any atom is -0.375 e. The minimum atomic E-state index is -0.777. The van der Waals surface area contributed by atoms with Crippen molar-refractivity contribution in [1.82, 2.24) is 0 Å². The summed E-state index contributed by atoms with van der Waals surface area (Å²) in [6.07, 6.45) is 0. The van der Waals surface area contributed by atoms with E-state index in [9.17, 15) is 0 Å². The Morgan fingerprint density at radius 3 is 2.67 bits per heavy atom. The summed E-state index contributed by atoms with van der Waals surface area (Å²) in [5, 5.41) is 7.23. The second-order valence-corrected chi connectivity index (χ2v) is 2.75. The molecular formula is C8H9N3O. The lowest BCUT2D eigenvalue weighted by Crippen LogP contribution is -2.35. The van der Waals surface area contributed by atoms with Crippen LogP contribution in [-0.4, -0.2) is 6.61 Å². The maximum absolute atomic E-state index is 5.89. The Morgan fingerprint density at radius 1 is 1.33 bits per heavy atom. The van der Waals surface area contributed by atoms with Crippen LogP contribution in [0.3, 0.4) is 0 Å². The molecule has 1 aromatic rings. The summed E-state index contributed by atoms with van der Waals surface area (Å²) in [5.41, 5.74) is 6.04. The minimum absolute atomic E-state index is 0.316. The molecule has 1 atom stereocenters. The van der Waals surface area contributed by atoms with Crippen molar-refractivity contribution >= 4 is 0 Å². The smallest absolute Gasteiger partial charge is 0.195 e. The van der Waals surface area contributed by atoms with Crippen LogP contribution < -0.4 is 5.73 Å². The van der Waals surface area contributed by atoms with Crippen molar-refractivity contribution in [3.63, 3.8) is 0 Å². The second-order valence-electron chi connectivity index (χ2n) is 2.75. The lowest BCUT2D eigenvalue weighted by Gasteiger charge is -2.15. The highest BCUT2D eigenvalue weighted by Gasteiger charge is 2.32. The first-order chi connectivity index (χ1) is 5.81. The van der Waals surface area contributed by atoms with Gasteiger partial charge in [0.1, 0.15) is 0 Å². The van der Waals surface area contributed by atoms with E-state index in [0.29, 0.717) is 6.61 Å². The van der Waals surface area contributed by atoms with Crippen LogP contribution in [0.25, 0.3) is 0 Å². The van der Waals surface area contributed by atoms with E-state index in [0.717, 1.165) is 5.56 Å². The lowest BCUT2D eigenvalue weighted by atomic mass is 10.0. The molecule has 0 fully saturated rings. The van der Waals surface area contributed by atoms with Gasteiger partial charge in [-0.15, -0.1) is 5.11 Å². The Balaban J connectivity index is 2.36. The number of benzene rings is 1. The molecule has 0 spiro atoms. The van der Waals surface area contributed by atoms with Gasteiger partial charge in [0, 0.05) is 5.28 Å². The fourth-order valence-electron chi connectivity index (χ4n) is 1.13. The lowest BCUT2D eigenvalue weighted by molar-refractivity contribution is 0.145. The van der Waals surface area contributed by atoms with Gasteiger partial charge in [-0.3, -0.25) is 5.73 Å². The molecule has 12 heavy (non-hydrogen) atoms. The van der Waals surface area contributed by atoms with Crippen LogP contribution in [0, 0.1) is 0 Å². The molecule has 1 aliphatic heterocycles. The van der Waals surface area contributed by atoms with Crippen molar-refractivity contribution in [3.05, 3.63) is 35.9 Å². The van der Waals surface area contributed by atoms with Crippen molar-refractivity contribution in [1.29, 1.82) is 0 Å². The van der Waals surface area contributed by atoms with Gasteiger partial charge in [-0.05, 0) is 5.56 Å². The van der Waals surface area contributed by atoms with Crippen LogP contribution >= 0.6 is 0 Å². The summed E-state index contributed by atoms with van der Waals surface area (Å²) in [4.78, 5) is 4.75. The fraction of sp³-hybridized carbons (Fsp3) is 0.250. The monoisotopic (exact) mass is 163 g/mol. The third kappa shape index (κ3) is 1.06. The number of hydrogen-bond acceptors (Lipinski definition) is 4. The molecule has 4 heteroatoms. The fourth-order valence-corrected chi connectivity index (χ4v) is 1.13. The average molecular weight is 163 g/mol. The number of rotatable bonds is 1. The molecule has 2 N–H and O–H groups in total. The van der Waals surface area contributed by atoms with Gasteiger partial charge in [-0.1, -0.05) is 30.3 Å². The Bertz CT molecular complexity index is 298. The van der Waals surface area contributed by atoms with E-state index in [4.69, 9.17) is 10.6 Å². The zero-order chi connectivity index (χ0) is 8.44. The summed E-state index contributed by atoms with van der Waals surface area (Å²) in [6, 6.07) is 9.58. The third-order valence-corrected chi connectivity index (χ3v) is 1.84. The van der Waals surface area contributed by atoms with Gasteiger partial charge in [0.25, 0.3) is 0 Å². The Hall–Kier alpha value is -1.42. The van der Waals surface area contributed by atoms with E-state index in [1.807, 2.05) is 30.3 Å². The SMILES string of the molecule is NC1(c2ccccc2)CON=N1. The molecule has 0 amide bonds. The van der Waals surface area contributed by atoms with Crippen LogP contribution in [0.2, 0.25) is 0 Å². The maximum atomic E-state index is 5.89. The summed E-state index contributed by atoms with van der Waals surface area (Å²) < 4.78 is 0. The maximum Gasteiger partial charge on any atom is 0.195 e. The molecule has 2 rings (SSSR count). The van der Waals surface area contributed by atoms with Gasteiger partial charge < -0.3 is 4.84 Å². The largest absolute Gasteiger partial charge is 0.375 e. The van der Waals surface area contributed by atoms with E-state index in [1.165, 1.54) is 0 Å². The van der Waals surface area contributed by atoms with Crippen LogP contribution in [0.15, 0.2) is 40.7 Å². The van der Waals surface area contributed by atoms with Crippen LogP contribution in [-0.2, 0) is 10.5 Å². The van der Waals surface area contributed by atoms with Gasteiger partial charge in [-0.2, -0.15) is 0 Å². The molecule has 1 aliphatic rings. The first-order valence-electron chi connectivity index (χ1n) is 3.70. The molecule has 1 heterocycles. The van der Waals surface area contributed by atoms with Gasteiger partial charge in [0.2, 0.25) is 0 Å². The van der Waals surface area contributed by atoms with E-state index in [-0.39, 0.29) is 0 Å². The van der Waals surface area contributed by atoms with Crippen molar-refractivity contribution in [2.75, 3.05) is 6.61 Å². The van der Waals surface area contributed by atoms with E-state index < -0.39 is 5.66 Å². The van der Waals surface area contributed by atoms with Crippen molar-refractivity contribution in [2.24, 2.45) is 16.1 Å². The summed E-state index contributed by atoms with van der Waals surface area (Å²) in [7, 11) is 0. The molecule has 0 aliphatic carbocycles. The number of nitrogens with two attached hydrogens (primary N) is 1. The summed E-state index contributed by atoms with van der Waals surface area (Å²) in [6.45, 7) is 0.316. The van der Waals surface area contributed by atoms with E-state index in [2.05, 4.69) is 10.4 Å². The highest BCUT2D eigenvalue weighted by Crippen LogP contribution is 2.24. The Labute approximate surface area is 70.0 Å². The van der Waals surface area contributed by atoms with Crippen LogP contribution in [0.4, 0.5) is 0 Å². The summed E-state index contributed by atoms with van der Waals surface area (Å²) in [5.74, 6) is 0. The zero-order valence-electron chi connectivity index (χ0n) is 6.47. The average Bonchev–Trinajstić information content (AvgIpc) is 2.55. The quantitative estimate of drug-likeness (QED) is 0.676. The van der Waals surface area contributed by atoms with Gasteiger partial charge in [0.05, 0.1) is 0 Å². The Kier molecular flexibility index (Phi) is 1.55. The standard InChI is InChI=1S/C8H9N3O/c9-8(6-12-11-10-8)7-4-2-1-3-5-7/h1-5H,6,9H2. The van der Waals surface area contributed by atoms with Gasteiger partial charge in [-0.25, -0.2) is 0 Å². The van der Waals surface area contributed by atoms with Crippen molar-refractivity contribution in [3.8, 4) is 0 Å². The molecule has 0 aromatic heterocycles. The topological polar surface area (TPSA) is 60.0 Å². The molecule has 0 saturated carbocycles. The molecule has 1 aromatic carbocycles. The zero-order valence-corrected chi connectivity index (χ0v) is 6.47. The predicted molar refractivity (Wildman–Crippen MR) is 43.1 cm³/mol. The van der Waals surface area contributed by atoms with E-state index >= 15 is 0 Å². The van der Waals surface area contributed by atoms with Gasteiger partial charge in [0.15, 0.2) is 12.3 Å². The third-order valence-electron chi connectivity index (χ3n) is 1.84. The molecule has 62 valence electrons. The number of hydrogen-bond donors (Lipinski definition) is 1. The molecule has 0 saturated heterocycles. The molecule has 1 unspecified atom stereocenters. The van der Waals surface area contributed by atoms with Crippen molar-refractivity contribution < 1.29 is 4.84 Å². The van der Waals surface area contributed by atoms with E-state index in [1.54, 1.807) is 0 Å². The number of nitrogens with zero attached hydrogens (tertiary/aromatic N) is 2. The first-order valence-corrected chi connectivity index (χ1v) is 3.70. The first kappa shape index (κ1) is 7.24. The Morgan fingerprint density at radius 2 is 2.08 bits per heavy atom. The summed E-state index contributed by atoms with van der Waals surface area (Å²) >= 11 is 0. The van der Waals surface area contributed by atoms with Crippen molar-refractivity contribution in [2.45, 2.75) is 5.66 Å². The predicted octanol–water partition coefficient (Wildman–Crippen LogP) is 1.20. The van der Waals surface area contributed by atoms with Crippen LogP contribution in [0.1, 0.15) is 5.56 Å². The van der Waals surface area contributed by atoms with Crippen LogP contribution in [0.5, 0.6) is 0 Å². The molecule has 0 bridgehead atoms. The molecular weight excluding hydrogens is 154 g/mol. The highest BCUT2D eigenvalue weighted by molar-refractivity contribution is 5.23. The molecule has 4 nitrogen and oxygen atoms in total. The highest BCUT2D eigenvalue weighted by atomic mass is 16.7. The second kappa shape index (κ2) is 2.57.